The van der Waals surface area contributed by atoms with Crippen LogP contribution in [0.1, 0.15) is 29.2 Å². The summed E-state index contributed by atoms with van der Waals surface area (Å²) < 4.78 is 0. The van der Waals surface area contributed by atoms with Gasteiger partial charge in [-0.25, -0.2) is 0 Å². The molecular formula is C18H15N5. The second-order valence-corrected chi connectivity index (χ2v) is 5.27. The minimum atomic E-state index is -0.122. The zero-order valence-corrected chi connectivity index (χ0v) is 12.4. The van der Waals surface area contributed by atoms with Crippen LogP contribution in [0.4, 0.5) is 0 Å². The van der Waals surface area contributed by atoms with Gasteiger partial charge in [0.05, 0.1) is 17.4 Å². The van der Waals surface area contributed by atoms with Crippen molar-refractivity contribution in [3.63, 3.8) is 0 Å². The molecule has 3 aromatic rings. The molecule has 2 atom stereocenters. The van der Waals surface area contributed by atoms with Crippen LogP contribution in [0.2, 0.25) is 0 Å². The van der Waals surface area contributed by atoms with Gasteiger partial charge in [0.1, 0.15) is 17.6 Å². The first kappa shape index (κ1) is 13.6. The van der Waals surface area contributed by atoms with E-state index in [1.165, 1.54) is 0 Å². The molecule has 0 aromatic carbocycles. The lowest BCUT2D eigenvalue weighted by Gasteiger charge is -2.17. The lowest BCUT2D eigenvalue weighted by molar-refractivity contribution is 0.546. The average Bonchev–Trinajstić information content (AvgIpc) is 3.09. The van der Waals surface area contributed by atoms with E-state index in [9.17, 15) is 0 Å². The minimum absolute atomic E-state index is 0.0527. The molecular weight excluding hydrogens is 286 g/mol. The molecule has 4 rings (SSSR count). The van der Waals surface area contributed by atoms with Crippen molar-refractivity contribution in [2.45, 2.75) is 12.1 Å². The third kappa shape index (κ3) is 2.68. The summed E-state index contributed by atoms with van der Waals surface area (Å²) in [7, 11) is 0. The molecule has 0 radical (unpaired) electrons. The summed E-state index contributed by atoms with van der Waals surface area (Å²) in [4.78, 5) is 18.2. The minimum Gasteiger partial charge on any atom is -0.358 e. The van der Waals surface area contributed by atoms with Gasteiger partial charge in [0.25, 0.3) is 0 Å². The number of nitrogens with zero attached hydrogens (tertiary/aromatic N) is 4. The average molecular weight is 301 g/mol. The molecule has 0 amide bonds. The Hall–Kier alpha value is -3.08. The molecule has 23 heavy (non-hydrogen) atoms. The summed E-state index contributed by atoms with van der Waals surface area (Å²) in [5.74, 6) is 0.775. The molecule has 2 unspecified atom stereocenters. The third-order valence-electron chi connectivity index (χ3n) is 3.78. The van der Waals surface area contributed by atoms with Gasteiger partial charge in [0.15, 0.2) is 0 Å². The van der Waals surface area contributed by atoms with Crippen molar-refractivity contribution in [1.29, 1.82) is 0 Å². The van der Waals surface area contributed by atoms with Gasteiger partial charge in [-0.05, 0) is 36.4 Å². The van der Waals surface area contributed by atoms with Gasteiger partial charge < -0.3 is 5.32 Å². The molecule has 112 valence electrons. The monoisotopic (exact) mass is 301 g/mol. The molecule has 1 N–H and O–H groups in total. The van der Waals surface area contributed by atoms with Crippen LogP contribution in [0.3, 0.4) is 0 Å². The number of hydrogen-bond acceptors (Lipinski definition) is 5. The highest BCUT2D eigenvalue weighted by molar-refractivity contribution is 5.98. The first-order valence-corrected chi connectivity index (χ1v) is 7.49. The van der Waals surface area contributed by atoms with Crippen LogP contribution in [0.25, 0.3) is 0 Å². The third-order valence-corrected chi connectivity index (χ3v) is 3.78. The van der Waals surface area contributed by atoms with Crippen LogP contribution in [0.5, 0.6) is 0 Å². The standard InChI is InChI=1S/C18H15N5/c1-4-10-19-13(7-1)16-17(14-8-2-5-11-20-14)23-18(22-16)15-9-3-6-12-21-15/h1-12,16-17H,(H,22,23). The maximum Gasteiger partial charge on any atom is 0.148 e. The number of hydrogen-bond donors (Lipinski definition) is 1. The Kier molecular flexibility index (Phi) is 3.52. The summed E-state index contributed by atoms with van der Waals surface area (Å²) in [5.41, 5.74) is 2.69. The molecule has 4 heterocycles. The van der Waals surface area contributed by atoms with Crippen LogP contribution < -0.4 is 5.32 Å². The van der Waals surface area contributed by atoms with Crippen molar-refractivity contribution in [3.05, 3.63) is 90.3 Å². The molecule has 5 nitrogen and oxygen atoms in total. The zero-order chi connectivity index (χ0) is 15.5. The SMILES string of the molecule is c1ccc(C2=NC(c3ccccn3)C(c3ccccn3)N2)nc1. The Morgan fingerprint density at radius 2 is 1.35 bits per heavy atom. The lowest BCUT2D eigenvalue weighted by atomic mass is 10.0. The van der Waals surface area contributed by atoms with E-state index < -0.39 is 0 Å². The van der Waals surface area contributed by atoms with Gasteiger partial charge >= 0.3 is 0 Å². The van der Waals surface area contributed by atoms with Crippen molar-refractivity contribution in [3.8, 4) is 0 Å². The number of amidine groups is 1. The summed E-state index contributed by atoms with van der Waals surface area (Å²) in [6.07, 6.45) is 5.35. The molecule has 0 saturated carbocycles. The number of rotatable bonds is 3. The first-order valence-electron chi connectivity index (χ1n) is 7.49. The van der Waals surface area contributed by atoms with E-state index in [1.54, 1.807) is 18.6 Å². The Morgan fingerprint density at radius 1 is 0.696 bits per heavy atom. The summed E-state index contributed by atoms with van der Waals surface area (Å²) in [6, 6.07) is 17.4. The Bertz CT molecular complexity index is 803. The van der Waals surface area contributed by atoms with Gasteiger partial charge in [-0.1, -0.05) is 18.2 Å². The van der Waals surface area contributed by atoms with E-state index in [1.807, 2.05) is 54.6 Å². The van der Waals surface area contributed by atoms with Crippen molar-refractivity contribution in [2.24, 2.45) is 4.99 Å². The molecule has 1 aliphatic heterocycles. The van der Waals surface area contributed by atoms with Crippen LogP contribution in [-0.2, 0) is 0 Å². The zero-order valence-electron chi connectivity index (χ0n) is 12.4. The predicted molar refractivity (Wildman–Crippen MR) is 87.9 cm³/mol. The number of aliphatic imine (C=N–C) groups is 1. The number of pyridine rings is 3. The highest BCUT2D eigenvalue weighted by Gasteiger charge is 2.33. The second kappa shape index (κ2) is 5.96. The van der Waals surface area contributed by atoms with Crippen molar-refractivity contribution in [1.82, 2.24) is 20.3 Å². The highest BCUT2D eigenvalue weighted by Crippen LogP contribution is 2.34. The first-order chi connectivity index (χ1) is 11.4. The van der Waals surface area contributed by atoms with Crippen molar-refractivity contribution in [2.75, 3.05) is 0 Å². The van der Waals surface area contributed by atoms with Gasteiger partial charge in [0.2, 0.25) is 0 Å². The Balaban J connectivity index is 1.75. The predicted octanol–water partition coefficient (Wildman–Crippen LogP) is 2.70. The molecule has 0 aliphatic carbocycles. The fourth-order valence-corrected chi connectivity index (χ4v) is 2.70. The molecule has 0 spiro atoms. The topological polar surface area (TPSA) is 63.1 Å². The van der Waals surface area contributed by atoms with Crippen LogP contribution in [0, 0.1) is 0 Å². The fraction of sp³-hybridized carbons (Fsp3) is 0.111. The number of nitrogens with one attached hydrogen (secondary N) is 1. The van der Waals surface area contributed by atoms with Crippen LogP contribution in [0.15, 0.2) is 78.2 Å². The van der Waals surface area contributed by atoms with Gasteiger partial charge in [-0.3, -0.25) is 19.9 Å². The maximum atomic E-state index is 4.83. The Labute approximate surface area is 134 Å². The molecule has 0 bridgehead atoms. The smallest absolute Gasteiger partial charge is 0.148 e. The molecule has 3 aromatic heterocycles. The quantitative estimate of drug-likeness (QED) is 0.808. The second-order valence-electron chi connectivity index (χ2n) is 5.27. The fourth-order valence-electron chi connectivity index (χ4n) is 2.70. The lowest BCUT2D eigenvalue weighted by Crippen LogP contribution is -2.26. The molecule has 0 fully saturated rings. The van der Waals surface area contributed by atoms with Crippen molar-refractivity contribution < 1.29 is 0 Å². The van der Waals surface area contributed by atoms with Gasteiger partial charge in [0, 0.05) is 18.6 Å². The molecule has 0 saturated heterocycles. The van der Waals surface area contributed by atoms with E-state index >= 15 is 0 Å². The normalized spacial score (nSPS) is 19.9. The van der Waals surface area contributed by atoms with Crippen LogP contribution >= 0.6 is 0 Å². The van der Waals surface area contributed by atoms with E-state index in [0.717, 1.165) is 22.9 Å². The Morgan fingerprint density at radius 3 is 1.96 bits per heavy atom. The largest absolute Gasteiger partial charge is 0.358 e. The van der Waals surface area contributed by atoms with Crippen LogP contribution in [-0.4, -0.2) is 20.8 Å². The van der Waals surface area contributed by atoms with E-state index in [0.29, 0.717) is 0 Å². The summed E-state index contributed by atoms with van der Waals surface area (Å²) in [5, 5.41) is 3.46. The van der Waals surface area contributed by atoms with E-state index in [-0.39, 0.29) is 12.1 Å². The maximum absolute atomic E-state index is 4.83. The van der Waals surface area contributed by atoms with Crippen molar-refractivity contribution >= 4 is 5.84 Å². The number of aromatic nitrogens is 3. The molecule has 5 heteroatoms. The van der Waals surface area contributed by atoms with Gasteiger partial charge in [-0.2, -0.15) is 0 Å². The molecule has 1 aliphatic rings. The van der Waals surface area contributed by atoms with Gasteiger partial charge in [-0.15, -0.1) is 0 Å². The van der Waals surface area contributed by atoms with E-state index in [4.69, 9.17) is 4.99 Å². The summed E-state index contributed by atoms with van der Waals surface area (Å²) >= 11 is 0. The summed E-state index contributed by atoms with van der Waals surface area (Å²) in [6.45, 7) is 0. The van der Waals surface area contributed by atoms with E-state index in [2.05, 4.69) is 20.3 Å². The highest BCUT2D eigenvalue weighted by atomic mass is 15.2.